The van der Waals surface area contributed by atoms with E-state index in [1.54, 1.807) is 12.1 Å². The normalized spacial score (nSPS) is 36.2. The second-order valence-electron chi connectivity index (χ2n) is 8.79. The summed E-state index contributed by atoms with van der Waals surface area (Å²) in [6.07, 6.45) is 2.52. The molecule has 0 amide bonds. The summed E-state index contributed by atoms with van der Waals surface area (Å²) >= 11 is 5.49. The minimum Gasteiger partial charge on any atom is -0.354 e. The van der Waals surface area contributed by atoms with Gasteiger partial charge in [0.2, 0.25) is 0 Å². The highest BCUT2D eigenvalue weighted by molar-refractivity contribution is 7.80. The molecule has 5 atom stereocenters. The van der Waals surface area contributed by atoms with Gasteiger partial charge >= 0.3 is 0 Å². The van der Waals surface area contributed by atoms with E-state index in [0.717, 1.165) is 25.7 Å². The standard InChI is InChI=1S/C21H27FN2O5S/c1-20(2)28-17-15(24-19(30)23-13-7-5-6-12(22)10-13)16(26-18(17)29-20)14-11-25-21(27-14)8-3-4-9-21/h5-7,10,14-18H,3-4,8-9,11H2,1-2H3,(H2,23,24,30)/t14-,15+,16-,17-,18-/m1/s1. The maximum absolute atomic E-state index is 13.5. The zero-order valence-corrected chi connectivity index (χ0v) is 17.9. The number of ether oxygens (including phenoxy) is 5. The lowest BCUT2D eigenvalue weighted by Crippen LogP contribution is -2.53. The van der Waals surface area contributed by atoms with Gasteiger partial charge in [0.15, 0.2) is 23.0 Å². The number of hydrogen-bond donors (Lipinski definition) is 2. The van der Waals surface area contributed by atoms with Gasteiger partial charge in [0.05, 0.1) is 12.6 Å². The SMILES string of the molecule is CC1(C)O[C@H]2O[C@H]([C@H]3COC4(CCCC4)O3)[C@H](NC(=S)Nc3cccc(F)c3)[C@H]2O1. The fraction of sp³-hybridized carbons (Fsp3) is 0.667. The Hall–Kier alpha value is -1.36. The molecular weight excluding hydrogens is 411 g/mol. The van der Waals surface area contributed by atoms with Crippen molar-refractivity contribution >= 4 is 23.0 Å². The molecule has 0 aromatic heterocycles. The predicted octanol–water partition coefficient (Wildman–Crippen LogP) is 3.04. The van der Waals surface area contributed by atoms with Crippen molar-refractivity contribution < 1.29 is 28.1 Å². The number of anilines is 1. The van der Waals surface area contributed by atoms with Crippen molar-refractivity contribution in [1.29, 1.82) is 0 Å². The molecule has 3 saturated heterocycles. The van der Waals surface area contributed by atoms with Gasteiger partial charge in [-0.15, -0.1) is 0 Å². The van der Waals surface area contributed by atoms with Gasteiger partial charge in [-0.3, -0.25) is 0 Å². The summed E-state index contributed by atoms with van der Waals surface area (Å²) in [6, 6.07) is 5.83. The second kappa shape index (κ2) is 7.65. The molecule has 3 aliphatic heterocycles. The van der Waals surface area contributed by atoms with Crippen LogP contribution in [0.3, 0.4) is 0 Å². The van der Waals surface area contributed by atoms with Crippen LogP contribution in [0.1, 0.15) is 39.5 Å². The summed E-state index contributed by atoms with van der Waals surface area (Å²) in [5.41, 5.74) is 0.564. The van der Waals surface area contributed by atoms with Crippen molar-refractivity contribution in [2.45, 2.75) is 81.7 Å². The molecule has 0 radical (unpaired) electrons. The molecule has 0 bridgehead atoms. The molecule has 4 fully saturated rings. The van der Waals surface area contributed by atoms with Crippen molar-refractivity contribution in [3.05, 3.63) is 30.1 Å². The van der Waals surface area contributed by atoms with Gasteiger partial charge in [-0.2, -0.15) is 0 Å². The number of halogens is 1. The first kappa shape index (κ1) is 20.5. The van der Waals surface area contributed by atoms with Gasteiger partial charge in [-0.05, 0) is 57.1 Å². The van der Waals surface area contributed by atoms with Crippen LogP contribution < -0.4 is 10.6 Å². The van der Waals surface area contributed by atoms with E-state index in [2.05, 4.69) is 10.6 Å². The third kappa shape index (κ3) is 3.94. The maximum atomic E-state index is 13.5. The first-order chi connectivity index (χ1) is 14.3. The molecule has 1 aromatic rings. The molecule has 1 saturated carbocycles. The number of nitrogens with one attached hydrogen (secondary N) is 2. The zero-order valence-electron chi connectivity index (χ0n) is 17.1. The lowest BCUT2D eigenvalue weighted by molar-refractivity contribution is -0.226. The summed E-state index contributed by atoms with van der Waals surface area (Å²) < 4.78 is 44.2. The van der Waals surface area contributed by atoms with Crippen LogP contribution in [0.15, 0.2) is 24.3 Å². The van der Waals surface area contributed by atoms with Crippen LogP contribution in [0, 0.1) is 5.82 Å². The average Bonchev–Trinajstić information content (AvgIpc) is 3.42. The molecule has 30 heavy (non-hydrogen) atoms. The molecule has 4 aliphatic rings. The van der Waals surface area contributed by atoms with Gasteiger partial charge in [-0.1, -0.05) is 6.07 Å². The summed E-state index contributed by atoms with van der Waals surface area (Å²) in [6.45, 7) is 4.16. The minimum absolute atomic E-state index is 0.251. The summed E-state index contributed by atoms with van der Waals surface area (Å²) in [5.74, 6) is -1.58. The second-order valence-corrected chi connectivity index (χ2v) is 9.20. The van der Waals surface area contributed by atoms with Crippen molar-refractivity contribution in [3.63, 3.8) is 0 Å². The highest BCUT2D eigenvalue weighted by Crippen LogP contribution is 2.44. The van der Waals surface area contributed by atoms with E-state index in [1.165, 1.54) is 12.1 Å². The molecule has 1 spiro atoms. The predicted molar refractivity (Wildman–Crippen MR) is 110 cm³/mol. The highest BCUT2D eigenvalue weighted by atomic mass is 32.1. The molecule has 1 aliphatic carbocycles. The van der Waals surface area contributed by atoms with Crippen LogP contribution in [0.4, 0.5) is 10.1 Å². The van der Waals surface area contributed by atoms with Gasteiger partial charge in [0, 0.05) is 18.5 Å². The van der Waals surface area contributed by atoms with Crippen molar-refractivity contribution in [2.24, 2.45) is 0 Å². The molecule has 7 nitrogen and oxygen atoms in total. The van der Waals surface area contributed by atoms with E-state index < -0.39 is 17.9 Å². The van der Waals surface area contributed by atoms with Gasteiger partial charge < -0.3 is 34.3 Å². The molecule has 9 heteroatoms. The van der Waals surface area contributed by atoms with Crippen LogP contribution in [0.2, 0.25) is 0 Å². The number of hydrogen-bond acceptors (Lipinski definition) is 6. The number of fused-ring (bicyclic) bond motifs is 1. The summed E-state index contributed by atoms with van der Waals surface area (Å²) in [5, 5.41) is 6.67. The molecule has 5 rings (SSSR count). The van der Waals surface area contributed by atoms with Crippen LogP contribution >= 0.6 is 12.2 Å². The summed E-state index contributed by atoms with van der Waals surface area (Å²) in [7, 11) is 0. The Morgan fingerprint density at radius 1 is 1.13 bits per heavy atom. The Morgan fingerprint density at radius 2 is 1.93 bits per heavy atom. The fourth-order valence-corrected chi connectivity index (χ4v) is 5.07. The van der Waals surface area contributed by atoms with E-state index in [1.807, 2.05) is 13.8 Å². The third-order valence-corrected chi connectivity index (χ3v) is 6.30. The smallest absolute Gasteiger partial charge is 0.189 e. The molecule has 2 N–H and O–H groups in total. The topological polar surface area (TPSA) is 70.2 Å². The Morgan fingerprint density at radius 3 is 2.70 bits per heavy atom. The zero-order chi connectivity index (χ0) is 20.9. The van der Waals surface area contributed by atoms with E-state index in [0.29, 0.717) is 17.4 Å². The third-order valence-electron chi connectivity index (χ3n) is 6.08. The molecule has 1 aromatic carbocycles. The van der Waals surface area contributed by atoms with Gasteiger partial charge in [-0.25, -0.2) is 4.39 Å². The van der Waals surface area contributed by atoms with Crippen molar-refractivity contribution in [2.75, 3.05) is 11.9 Å². The Labute approximate surface area is 180 Å². The van der Waals surface area contributed by atoms with E-state index in [-0.39, 0.29) is 30.2 Å². The molecular formula is C21H27FN2O5S. The van der Waals surface area contributed by atoms with Crippen LogP contribution in [0.25, 0.3) is 0 Å². The fourth-order valence-electron chi connectivity index (χ4n) is 4.82. The van der Waals surface area contributed by atoms with Crippen molar-refractivity contribution in [1.82, 2.24) is 5.32 Å². The Kier molecular flexibility index (Phi) is 5.24. The minimum atomic E-state index is -0.752. The molecule has 164 valence electrons. The summed E-state index contributed by atoms with van der Waals surface area (Å²) in [4.78, 5) is 0. The largest absolute Gasteiger partial charge is 0.354 e. The van der Waals surface area contributed by atoms with E-state index >= 15 is 0 Å². The number of benzene rings is 1. The van der Waals surface area contributed by atoms with Gasteiger partial charge in [0.25, 0.3) is 0 Å². The molecule has 0 unspecified atom stereocenters. The highest BCUT2D eigenvalue weighted by Gasteiger charge is 2.59. The van der Waals surface area contributed by atoms with E-state index in [4.69, 9.17) is 35.9 Å². The number of thiocarbonyl (C=S) groups is 1. The van der Waals surface area contributed by atoms with Crippen LogP contribution in [-0.4, -0.2) is 53.9 Å². The first-order valence-corrected chi connectivity index (χ1v) is 10.9. The molecule has 3 heterocycles. The lowest BCUT2D eigenvalue weighted by atomic mass is 10.0. The van der Waals surface area contributed by atoms with Gasteiger partial charge in [0.1, 0.15) is 24.1 Å². The quantitative estimate of drug-likeness (QED) is 0.698. The van der Waals surface area contributed by atoms with Crippen molar-refractivity contribution in [3.8, 4) is 0 Å². The lowest BCUT2D eigenvalue weighted by Gasteiger charge is -2.30. The maximum Gasteiger partial charge on any atom is 0.189 e. The average molecular weight is 439 g/mol. The Balaban J connectivity index is 1.31. The van der Waals surface area contributed by atoms with Crippen LogP contribution in [-0.2, 0) is 23.7 Å². The Bertz CT molecular complexity index is 818. The first-order valence-electron chi connectivity index (χ1n) is 10.5. The van der Waals surface area contributed by atoms with Crippen LogP contribution in [0.5, 0.6) is 0 Å². The number of rotatable bonds is 3. The monoisotopic (exact) mass is 438 g/mol. The van der Waals surface area contributed by atoms with E-state index in [9.17, 15) is 4.39 Å².